The molecule has 0 fully saturated rings. The molecule has 0 spiro atoms. The van der Waals surface area contributed by atoms with Gasteiger partial charge in [-0.05, 0) is 42.3 Å². The van der Waals surface area contributed by atoms with Crippen molar-refractivity contribution < 1.29 is 13.2 Å². The van der Waals surface area contributed by atoms with Crippen LogP contribution in [0.2, 0.25) is 0 Å². The minimum Gasteiger partial charge on any atom is -0.160 e. The molecule has 4 heteroatoms. The van der Waals surface area contributed by atoms with Gasteiger partial charge in [0.25, 0.3) is 0 Å². The molecule has 104 valence electrons. The standard InChI is InChI=1S/C15H17F3S/c1-3-5-6-7-8-13-10-9-12(4-2)11-14(13)19-15(16,17)18/h9-11H,3-6H2,1-2H3. The summed E-state index contributed by atoms with van der Waals surface area (Å²) < 4.78 is 37.5. The van der Waals surface area contributed by atoms with Crippen molar-refractivity contribution in [3.63, 3.8) is 0 Å². The lowest BCUT2D eigenvalue weighted by Crippen LogP contribution is -2.00. The van der Waals surface area contributed by atoms with E-state index in [2.05, 4.69) is 18.8 Å². The first kappa shape index (κ1) is 16.0. The van der Waals surface area contributed by atoms with Crippen molar-refractivity contribution in [1.29, 1.82) is 0 Å². The van der Waals surface area contributed by atoms with Crippen LogP contribution >= 0.6 is 11.8 Å². The summed E-state index contributed by atoms with van der Waals surface area (Å²) in [5.74, 6) is 5.79. The molecule has 0 saturated carbocycles. The number of benzene rings is 1. The quantitative estimate of drug-likeness (QED) is 0.405. The van der Waals surface area contributed by atoms with Gasteiger partial charge < -0.3 is 0 Å². The maximum atomic E-state index is 12.5. The van der Waals surface area contributed by atoms with Crippen molar-refractivity contribution in [2.24, 2.45) is 0 Å². The Hall–Kier alpha value is -1.08. The van der Waals surface area contributed by atoms with Gasteiger partial charge >= 0.3 is 5.51 Å². The third kappa shape index (κ3) is 6.07. The lowest BCUT2D eigenvalue weighted by Gasteiger charge is -2.09. The molecule has 0 radical (unpaired) electrons. The summed E-state index contributed by atoms with van der Waals surface area (Å²) in [5, 5.41) is 0. The molecule has 0 heterocycles. The second-order valence-electron chi connectivity index (χ2n) is 4.14. The molecule has 0 N–H and O–H groups in total. The van der Waals surface area contributed by atoms with Gasteiger partial charge in [0.2, 0.25) is 0 Å². The Bertz CT molecular complexity index is 467. The molecule has 0 bridgehead atoms. The largest absolute Gasteiger partial charge is 0.446 e. The lowest BCUT2D eigenvalue weighted by molar-refractivity contribution is -0.0328. The Kier molecular flexibility index (Phi) is 6.30. The fourth-order valence-electron chi connectivity index (χ4n) is 1.52. The van der Waals surface area contributed by atoms with Crippen molar-refractivity contribution in [1.82, 2.24) is 0 Å². The van der Waals surface area contributed by atoms with Gasteiger partial charge in [0.15, 0.2) is 0 Å². The zero-order chi connectivity index (χ0) is 14.3. The maximum absolute atomic E-state index is 12.5. The minimum atomic E-state index is -4.27. The number of unbranched alkanes of at least 4 members (excludes halogenated alkanes) is 2. The Balaban J connectivity index is 2.97. The zero-order valence-electron chi connectivity index (χ0n) is 11.1. The molecule has 0 saturated heterocycles. The summed E-state index contributed by atoms with van der Waals surface area (Å²) in [4.78, 5) is 0.204. The maximum Gasteiger partial charge on any atom is 0.446 e. The monoisotopic (exact) mass is 286 g/mol. The topological polar surface area (TPSA) is 0 Å². The highest BCUT2D eigenvalue weighted by atomic mass is 32.2. The van der Waals surface area contributed by atoms with Crippen molar-refractivity contribution in [2.45, 2.75) is 49.9 Å². The summed E-state index contributed by atoms with van der Waals surface area (Å²) in [6.45, 7) is 3.98. The van der Waals surface area contributed by atoms with Crippen molar-refractivity contribution in [3.8, 4) is 11.8 Å². The first-order valence-corrected chi connectivity index (χ1v) is 7.15. The number of thioether (sulfide) groups is 1. The third-order valence-electron chi connectivity index (χ3n) is 2.56. The average molecular weight is 286 g/mol. The number of hydrogen-bond donors (Lipinski definition) is 0. The van der Waals surface area contributed by atoms with Crippen LogP contribution in [0.25, 0.3) is 0 Å². The Morgan fingerprint density at radius 2 is 1.95 bits per heavy atom. The predicted molar refractivity (Wildman–Crippen MR) is 74.1 cm³/mol. The fourth-order valence-corrected chi connectivity index (χ4v) is 2.21. The van der Waals surface area contributed by atoms with Gasteiger partial charge in [0.05, 0.1) is 0 Å². The Labute approximate surface area is 116 Å². The highest BCUT2D eigenvalue weighted by Crippen LogP contribution is 2.38. The van der Waals surface area contributed by atoms with Crippen LogP contribution in [0.15, 0.2) is 23.1 Å². The van der Waals surface area contributed by atoms with E-state index in [1.807, 2.05) is 13.0 Å². The molecule has 0 aliphatic rings. The van der Waals surface area contributed by atoms with E-state index >= 15 is 0 Å². The number of hydrogen-bond acceptors (Lipinski definition) is 1. The lowest BCUT2D eigenvalue weighted by atomic mass is 10.1. The van der Waals surface area contributed by atoms with Crippen LogP contribution in [0, 0.1) is 11.8 Å². The van der Waals surface area contributed by atoms with E-state index in [1.165, 1.54) is 0 Å². The van der Waals surface area contributed by atoms with Crippen molar-refractivity contribution >= 4 is 11.8 Å². The molecular weight excluding hydrogens is 269 g/mol. The van der Waals surface area contributed by atoms with Crippen LogP contribution in [0.1, 0.15) is 44.2 Å². The van der Waals surface area contributed by atoms with Gasteiger partial charge in [-0.1, -0.05) is 38.2 Å². The van der Waals surface area contributed by atoms with E-state index in [1.54, 1.807) is 12.1 Å². The summed E-state index contributed by atoms with van der Waals surface area (Å²) >= 11 is -0.0818. The molecule has 1 aromatic rings. The number of halogens is 3. The molecule has 1 rings (SSSR count). The van der Waals surface area contributed by atoms with Crippen LogP contribution < -0.4 is 0 Å². The first-order valence-electron chi connectivity index (χ1n) is 6.33. The van der Waals surface area contributed by atoms with Gasteiger partial charge in [-0.2, -0.15) is 13.2 Å². The van der Waals surface area contributed by atoms with Gasteiger partial charge in [0, 0.05) is 16.9 Å². The summed E-state index contributed by atoms with van der Waals surface area (Å²) in [7, 11) is 0. The van der Waals surface area contributed by atoms with Gasteiger partial charge in [-0.3, -0.25) is 0 Å². The molecule has 0 amide bonds. The number of aryl methyl sites for hydroxylation is 1. The molecule has 0 aromatic heterocycles. The molecule has 0 aliphatic carbocycles. The fraction of sp³-hybridized carbons (Fsp3) is 0.467. The third-order valence-corrected chi connectivity index (χ3v) is 3.35. The van der Waals surface area contributed by atoms with E-state index in [0.717, 1.165) is 31.2 Å². The molecule has 1 aromatic carbocycles. The second kappa shape index (κ2) is 7.49. The number of alkyl halides is 3. The molecule has 0 aliphatic heterocycles. The highest BCUT2D eigenvalue weighted by Gasteiger charge is 2.30. The predicted octanol–water partition coefficient (Wildman–Crippen LogP) is 5.40. The Morgan fingerprint density at radius 1 is 1.21 bits per heavy atom. The zero-order valence-corrected chi connectivity index (χ0v) is 11.9. The van der Waals surface area contributed by atoms with Gasteiger partial charge in [-0.25, -0.2) is 0 Å². The van der Waals surface area contributed by atoms with Crippen LogP contribution in [0.4, 0.5) is 13.2 Å². The van der Waals surface area contributed by atoms with E-state index in [0.29, 0.717) is 5.56 Å². The highest BCUT2D eigenvalue weighted by molar-refractivity contribution is 8.00. The van der Waals surface area contributed by atoms with Crippen LogP contribution in [0.3, 0.4) is 0 Å². The average Bonchev–Trinajstić information content (AvgIpc) is 2.34. The molecule has 0 nitrogen and oxygen atoms in total. The van der Waals surface area contributed by atoms with Gasteiger partial charge in [-0.15, -0.1) is 0 Å². The van der Waals surface area contributed by atoms with Crippen LogP contribution in [-0.2, 0) is 6.42 Å². The number of rotatable bonds is 4. The second-order valence-corrected chi connectivity index (χ2v) is 5.24. The molecular formula is C15H17F3S. The summed E-state index contributed by atoms with van der Waals surface area (Å²) in [6.07, 6.45) is 3.45. The van der Waals surface area contributed by atoms with Crippen LogP contribution in [-0.4, -0.2) is 5.51 Å². The van der Waals surface area contributed by atoms with Crippen LogP contribution in [0.5, 0.6) is 0 Å². The minimum absolute atomic E-state index is 0.0818. The summed E-state index contributed by atoms with van der Waals surface area (Å²) in [6, 6.07) is 5.11. The SMILES string of the molecule is CCCCC#Cc1ccc(CC)cc1SC(F)(F)F. The molecule has 0 unspecified atom stereocenters. The van der Waals surface area contributed by atoms with E-state index in [-0.39, 0.29) is 16.7 Å². The van der Waals surface area contributed by atoms with E-state index < -0.39 is 5.51 Å². The van der Waals surface area contributed by atoms with E-state index in [9.17, 15) is 13.2 Å². The Morgan fingerprint density at radius 3 is 2.53 bits per heavy atom. The van der Waals surface area contributed by atoms with Crippen molar-refractivity contribution in [3.05, 3.63) is 29.3 Å². The first-order chi connectivity index (χ1) is 8.96. The molecule has 19 heavy (non-hydrogen) atoms. The van der Waals surface area contributed by atoms with E-state index in [4.69, 9.17) is 0 Å². The summed E-state index contributed by atoms with van der Waals surface area (Å²) in [5.41, 5.74) is -2.91. The molecule has 0 atom stereocenters. The normalized spacial score (nSPS) is 11.0. The van der Waals surface area contributed by atoms with Gasteiger partial charge in [0.1, 0.15) is 0 Å². The van der Waals surface area contributed by atoms with Crippen molar-refractivity contribution in [2.75, 3.05) is 0 Å². The smallest absolute Gasteiger partial charge is 0.160 e.